The quantitative estimate of drug-likeness (QED) is 0.790. The molecule has 2 N–H and O–H groups in total. The minimum Gasteiger partial charge on any atom is -0.476 e. The molecular formula is C11H14N2O2. The third-order valence-electron chi connectivity index (χ3n) is 2.82. The molecule has 0 unspecified atom stereocenters. The second-order valence-electron chi connectivity index (χ2n) is 3.88. The average Bonchev–Trinajstić information content (AvgIpc) is 2.16. The molecule has 15 heavy (non-hydrogen) atoms. The fourth-order valence-corrected chi connectivity index (χ4v) is 1.67. The molecule has 1 aliphatic carbocycles. The lowest BCUT2D eigenvalue weighted by Gasteiger charge is -2.26. The van der Waals surface area contributed by atoms with E-state index in [1.165, 1.54) is 25.5 Å². The van der Waals surface area contributed by atoms with Crippen LogP contribution in [0, 0.1) is 5.92 Å². The second-order valence-corrected chi connectivity index (χ2v) is 3.88. The highest BCUT2D eigenvalue weighted by Crippen LogP contribution is 2.26. The van der Waals surface area contributed by atoms with Crippen LogP contribution in [-0.4, -0.2) is 22.6 Å². The van der Waals surface area contributed by atoms with E-state index < -0.39 is 5.97 Å². The van der Waals surface area contributed by atoms with Crippen molar-refractivity contribution in [3.05, 3.63) is 24.0 Å². The number of carboxylic acid groups (broad SMARTS) is 1. The number of aromatic nitrogens is 1. The summed E-state index contributed by atoms with van der Waals surface area (Å²) in [7, 11) is 0. The lowest BCUT2D eigenvalue weighted by molar-refractivity contribution is 0.0691. The van der Waals surface area contributed by atoms with Crippen molar-refractivity contribution in [1.29, 1.82) is 0 Å². The Morgan fingerprint density at radius 3 is 3.00 bits per heavy atom. The molecule has 0 atom stereocenters. The van der Waals surface area contributed by atoms with Crippen LogP contribution in [-0.2, 0) is 0 Å². The maximum atomic E-state index is 10.8. The van der Waals surface area contributed by atoms with Crippen molar-refractivity contribution in [2.45, 2.75) is 19.3 Å². The predicted molar refractivity (Wildman–Crippen MR) is 57.0 cm³/mol. The maximum Gasteiger partial charge on any atom is 0.356 e. The van der Waals surface area contributed by atoms with Crippen molar-refractivity contribution in [2.24, 2.45) is 5.92 Å². The van der Waals surface area contributed by atoms with Crippen LogP contribution in [0.15, 0.2) is 18.3 Å². The van der Waals surface area contributed by atoms with Gasteiger partial charge in [0.15, 0.2) is 5.69 Å². The Bertz CT molecular complexity index is 361. The van der Waals surface area contributed by atoms with Crippen LogP contribution >= 0.6 is 0 Å². The van der Waals surface area contributed by atoms with Crippen molar-refractivity contribution in [3.8, 4) is 0 Å². The Labute approximate surface area is 88.3 Å². The molecule has 0 bridgehead atoms. The van der Waals surface area contributed by atoms with Gasteiger partial charge in [0.1, 0.15) is 0 Å². The van der Waals surface area contributed by atoms with Crippen molar-refractivity contribution in [2.75, 3.05) is 11.9 Å². The molecule has 1 fully saturated rings. The molecule has 0 aromatic carbocycles. The Morgan fingerprint density at radius 2 is 2.40 bits per heavy atom. The smallest absolute Gasteiger partial charge is 0.356 e. The highest BCUT2D eigenvalue weighted by molar-refractivity contribution is 5.91. The summed E-state index contributed by atoms with van der Waals surface area (Å²) >= 11 is 0. The molecule has 0 aliphatic heterocycles. The van der Waals surface area contributed by atoms with Crippen LogP contribution in [0.3, 0.4) is 0 Å². The topological polar surface area (TPSA) is 62.2 Å². The van der Waals surface area contributed by atoms with Crippen LogP contribution in [0.4, 0.5) is 5.69 Å². The predicted octanol–water partition coefficient (Wildman–Crippen LogP) is 1.99. The molecule has 0 spiro atoms. The zero-order chi connectivity index (χ0) is 10.7. The van der Waals surface area contributed by atoms with Gasteiger partial charge < -0.3 is 10.4 Å². The fraction of sp³-hybridized carbons (Fsp3) is 0.455. The number of carbonyl (C=O) groups is 1. The van der Waals surface area contributed by atoms with Crippen LogP contribution in [0.25, 0.3) is 0 Å². The van der Waals surface area contributed by atoms with Crippen LogP contribution < -0.4 is 5.32 Å². The highest BCUT2D eigenvalue weighted by atomic mass is 16.4. The van der Waals surface area contributed by atoms with Crippen molar-refractivity contribution in [3.63, 3.8) is 0 Å². The molecule has 80 valence electrons. The number of hydrogen-bond acceptors (Lipinski definition) is 3. The van der Waals surface area contributed by atoms with Crippen LogP contribution in [0.5, 0.6) is 0 Å². The zero-order valence-corrected chi connectivity index (χ0v) is 8.44. The maximum absolute atomic E-state index is 10.8. The summed E-state index contributed by atoms with van der Waals surface area (Å²) in [6, 6.07) is 3.50. The molecule has 1 saturated carbocycles. The van der Waals surface area contributed by atoms with Crippen molar-refractivity contribution < 1.29 is 9.90 Å². The summed E-state index contributed by atoms with van der Waals surface area (Å²) in [4.78, 5) is 14.7. The molecule has 0 amide bonds. The standard InChI is InChI=1S/C11H14N2O2/c14-11(15)10-9(5-2-6-12-10)13-7-8-3-1-4-8/h2,5-6,8,13H,1,3-4,7H2,(H,14,15). The van der Waals surface area contributed by atoms with Gasteiger partial charge >= 0.3 is 5.97 Å². The van der Waals surface area contributed by atoms with E-state index in [0.29, 0.717) is 11.6 Å². The number of anilines is 1. The van der Waals surface area contributed by atoms with E-state index in [0.717, 1.165) is 6.54 Å². The van der Waals surface area contributed by atoms with Gasteiger partial charge in [-0.1, -0.05) is 6.42 Å². The molecule has 0 saturated heterocycles. The van der Waals surface area contributed by atoms with Gasteiger partial charge in [0, 0.05) is 12.7 Å². The SMILES string of the molecule is O=C(O)c1ncccc1NCC1CCC1. The lowest BCUT2D eigenvalue weighted by Crippen LogP contribution is -2.22. The van der Waals surface area contributed by atoms with Gasteiger partial charge in [-0.05, 0) is 30.9 Å². The van der Waals surface area contributed by atoms with Gasteiger partial charge in [0.25, 0.3) is 0 Å². The van der Waals surface area contributed by atoms with E-state index in [2.05, 4.69) is 10.3 Å². The molecule has 2 rings (SSSR count). The molecule has 4 heteroatoms. The van der Waals surface area contributed by atoms with Crippen LogP contribution in [0.2, 0.25) is 0 Å². The number of rotatable bonds is 4. The summed E-state index contributed by atoms with van der Waals surface area (Å²) in [5.74, 6) is -0.279. The monoisotopic (exact) mass is 206 g/mol. The summed E-state index contributed by atoms with van der Waals surface area (Å²) in [6.45, 7) is 0.853. The Balaban J connectivity index is 2.02. The molecule has 1 heterocycles. The van der Waals surface area contributed by atoms with Gasteiger partial charge in [-0.2, -0.15) is 0 Å². The molecule has 0 radical (unpaired) electrons. The van der Waals surface area contributed by atoms with Gasteiger partial charge in [-0.15, -0.1) is 0 Å². The number of pyridine rings is 1. The van der Waals surface area contributed by atoms with Crippen molar-refractivity contribution in [1.82, 2.24) is 4.98 Å². The third kappa shape index (κ3) is 2.26. The summed E-state index contributed by atoms with van der Waals surface area (Å²) in [5, 5.41) is 12.1. The Kier molecular flexibility index (Phi) is 2.85. The van der Waals surface area contributed by atoms with E-state index >= 15 is 0 Å². The van der Waals surface area contributed by atoms with Gasteiger partial charge in [0.05, 0.1) is 5.69 Å². The Morgan fingerprint density at radius 1 is 1.60 bits per heavy atom. The molecular weight excluding hydrogens is 192 g/mol. The molecule has 1 aromatic rings. The van der Waals surface area contributed by atoms with E-state index in [1.807, 2.05) is 0 Å². The van der Waals surface area contributed by atoms with E-state index in [9.17, 15) is 4.79 Å². The van der Waals surface area contributed by atoms with E-state index in [4.69, 9.17) is 5.11 Å². The number of nitrogens with one attached hydrogen (secondary N) is 1. The van der Waals surface area contributed by atoms with Gasteiger partial charge in [-0.25, -0.2) is 9.78 Å². The lowest BCUT2D eigenvalue weighted by atomic mass is 9.85. The zero-order valence-electron chi connectivity index (χ0n) is 8.44. The molecule has 1 aliphatic rings. The largest absolute Gasteiger partial charge is 0.476 e. The minimum atomic E-state index is -0.980. The number of carboxylic acids is 1. The molecule has 4 nitrogen and oxygen atoms in total. The normalized spacial score (nSPS) is 15.7. The van der Waals surface area contributed by atoms with Crippen molar-refractivity contribution >= 4 is 11.7 Å². The number of hydrogen-bond donors (Lipinski definition) is 2. The average molecular weight is 206 g/mol. The number of nitrogens with zero attached hydrogens (tertiary/aromatic N) is 1. The van der Waals surface area contributed by atoms with Crippen LogP contribution in [0.1, 0.15) is 29.8 Å². The first-order valence-corrected chi connectivity index (χ1v) is 5.19. The van der Waals surface area contributed by atoms with E-state index in [-0.39, 0.29) is 5.69 Å². The summed E-state index contributed by atoms with van der Waals surface area (Å²) in [6.07, 6.45) is 5.29. The highest BCUT2D eigenvalue weighted by Gasteiger charge is 2.18. The van der Waals surface area contributed by atoms with Gasteiger partial charge in [-0.3, -0.25) is 0 Å². The first-order valence-electron chi connectivity index (χ1n) is 5.19. The number of aromatic carboxylic acids is 1. The summed E-state index contributed by atoms with van der Waals surface area (Å²) < 4.78 is 0. The van der Waals surface area contributed by atoms with Gasteiger partial charge in [0.2, 0.25) is 0 Å². The third-order valence-corrected chi connectivity index (χ3v) is 2.82. The molecule has 1 aromatic heterocycles. The van der Waals surface area contributed by atoms with E-state index in [1.54, 1.807) is 12.1 Å². The minimum absolute atomic E-state index is 0.108. The second kappa shape index (κ2) is 4.29. The first-order chi connectivity index (χ1) is 7.27. The summed E-state index contributed by atoms with van der Waals surface area (Å²) in [5.41, 5.74) is 0.730. The fourth-order valence-electron chi connectivity index (χ4n) is 1.67. The first kappa shape index (κ1) is 9.96. The Hall–Kier alpha value is -1.58.